The maximum absolute atomic E-state index is 12.5. The number of rotatable bonds is 8. The summed E-state index contributed by atoms with van der Waals surface area (Å²) in [6, 6.07) is 16.9. The quantitative estimate of drug-likeness (QED) is 0.657. The number of ether oxygens (including phenoxy) is 1. The van der Waals surface area contributed by atoms with Gasteiger partial charge in [0, 0.05) is 31.2 Å². The van der Waals surface area contributed by atoms with Gasteiger partial charge >= 0.3 is 0 Å². The van der Waals surface area contributed by atoms with E-state index in [0.717, 1.165) is 51.1 Å². The zero-order valence-electron chi connectivity index (χ0n) is 18.0. The number of carbonyl (C=O) groups excluding carboxylic acids is 1. The van der Waals surface area contributed by atoms with E-state index in [1.165, 1.54) is 16.8 Å². The lowest BCUT2D eigenvalue weighted by Crippen LogP contribution is -2.40. The van der Waals surface area contributed by atoms with Gasteiger partial charge in [0.05, 0.1) is 6.10 Å². The summed E-state index contributed by atoms with van der Waals surface area (Å²) in [4.78, 5) is 14.9. The third-order valence-corrected chi connectivity index (χ3v) is 5.50. The Morgan fingerprint density at radius 3 is 2.34 bits per heavy atom. The van der Waals surface area contributed by atoms with Gasteiger partial charge in [-0.1, -0.05) is 29.8 Å². The summed E-state index contributed by atoms with van der Waals surface area (Å²) >= 11 is 0. The van der Waals surface area contributed by atoms with Crippen molar-refractivity contribution < 1.29 is 9.53 Å². The molecule has 1 heterocycles. The van der Waals surface area contributed by atoms with Crippen molar-refractivity contribution in [1.29, 1.82) is 0 Å². The van der Waals surface area contributed by atoms with Crippen LogP contribution in [0.4, 0.5) is 5.69 Å². The average molecular weight is 395 g/mol. The van der Waals surface area contributed by atoms with Crippen molar-refractivity contribution in [3.8, 4) is 5.75 Å². The molecule has 0 bridgehead atoms. The molecular weight excluding hydrogens is 360 g/mol. The fraction of sp³-hybridized carbons (Fsp3) is 0.480. The van der Waals surface area contributed by atoms with Crippen LogP contribution in [-0.4, -0.2) is 31.6 Å². The van der Waals surface area contributed by atoms with Crippen molar-refractivity contribution in [2.45, 2.75) is 52.6 Å². The van der Waals surface area contributed by atoms with Gasteiger partial charge < -0.3 is 15.0 Å². The Bertz CT molecular complexity index is 760. The molecule has 4 nitrogen and oxygen atoms in total. The minimum Gasteiger partial charge on any atom is -0.491 e. The molecule has 1 amide bonds. The highest BCUT2D eigenvalue weighted by Gasteiger charge is 2.24. The summed E-state index contributed by atoms with van der Waals surface area (Å²) in [5, 5.41) is 3.14. The number of amides is 1. The topological polar surface area (TPSA) is 41.6 Å². The van der Waals surface area contributed by atoms with Gasteiger partial charge in [0.1, 0.15) is 5.75 Å². The minimum atomic E-state index is 0.143. The van der Waals surface area contributed by atoms with Gasteiger partial charge in [-0.15, -0.1) is 0 Å². The van der Waals surface area contributed by atoms with Gasteiger partial charge in [0.2, 0.25) is 5.91 Å². The highest BCUT2D eigenvalue weighted by Crippen LogP contribution is 2.23. The highest BCUT2D eigenvalue weighted by molar-refractivity contribution is 5.79. The van der Waals surface area contributed by atoms with E-state index in [2.05, 4.69) is 53.5 Å². The highest BCUT2D eigenvalue weighted by atomic mass is 16.5. The molecule has 29 heavy (non-hydrogen) atoms. The van der Waals surface area contributed by atoms with Gasteiger partial charge in [-0.2, -0.15) is 0 Å². The van der Waals surface area contributed by atoms with Gasteiger partial charge in [-0.25, -0.2) is 0 Å². The summed E-state index contributed by atoms with van der Waals surface area (Å²) in [5.41, 5.74) is 3.82. The number of piperidine rings is 1. The molecule has 4 heteroatoms. The predicted octanol–water partition coefficient (Wildman–Crippen LogP) is 4.75. The van der Waals surface area contributed by atoms with E-state index in [1.807, 2.05) is 26.0 Å². The number of hydrogen-bond donors (Lipinski definition) is 1. The normalized spacial score (nSPS) is 14.8. The largest absolute Gasteiger partial charge is 0.491 e. The zero-order chi connectivity index (χ0) is 20.6. The molecule has 3 rings (SSSR count). The smallest absolute Gasteiger partial charge is 0.223 e. The summed E-state index contributed by atoms with van der Waals surface area (Å²) < 4.78 is 5.67. The van der Waals surface area contributed by atoms with Gasteiger partial charge in [-0.3, -0.25) is 4.79 Å². The molecule has 156 valence electrons. The Hall–Kier alpha value is -2.49. The molecule has 1 N–H and O–H groups in total. The lowest BCUT2D eigenvalue weighted by atomic mass is 9.95. The number of nitrogens with one attached hydrogen (secondary N) is 1. The number of hydrogen-bond acceptors (Lipinski definition) is 3. The first-order valence-electron chi connectivity index (χ1n) is 10.9. The molecule has 2 aromatic rings. The number of carbonyl (C=O) groups is 1. The van der Waals surface area contributed by atoms with E-state index in [1.54, 1.807) is 0 Å². The van der Waals surface area contributed by atoms with Gasteiger partial charge in [-0.05, 0) is 76.3 Å². The molecule has 0 aliphatic carbocycles. The molecule has 1 fully saturated rings. The SMILES string of the molecule is Cc1ccc(N2CCC(C(=O)NCCCc3ccc(OC(C)C)cc3)CC2)cc1. The molecule has 0 atom stereocenters. The third-order valence-electron chi connectivity index (χ3n) is 5.50. The molecule has 0 radical (unpaired) electrons. The van der Waals surface area contributed by atoms with Crippen LogP contribution in [0, 0.1) is 12.8 Å². The van der Waals surface area contributed by atoms with E-state index in [9.17, 15) is 4.79 Å². The lowest BCUT2D eigenvalue weighted by molar-refractivity contribution is -0.125. The second-order valence-electron chi connectivity index (χ2n) is 8.30. The van der Waals surface area contributed by atoms with E-state index in [0.29, 0.717) is 0 Å². The van der Waals surface area contributed by atoms with Crippen LogP contribution in [-0.2, 0) is 11.2 Å². The first-order chi connectivity index (χ1) is 14.0. The van der Waals surface area contributed by atoms with Crippen molar-refractivity contribution in [3.63, 3.8) is 0 Å². The van der Waals surface area contributed by atoms with E-state index >= 15 is 0 Å². The molecule has 2 aromatic carbocycles. The van der Waals surface area contributed by atoms with Gasteiger partial charge in [0.15, 0.2) is 0 Å². The Morgan fingerprint density at radius 2 is 1.72 bits per heavy atom. The van der Waals surface area contributed by atoms with Crippen LogP contribution in [0.25, 0.3) is 0 Å². The van der Waals surface area contributed by atoms with Crippen molar-refractivity contribution in [3.05, 3.63) is 59.7 Å². The summed E-state index contributed by atoms with van der Waals surface area (Å²) in [6.07, 6.45) is 3.97. The molecule has 1 aliphatic heterocycles. The monoisotopic (exact) mass is 394 g/mol. The van der Waals surface area contributed by atoms with Crippen LogP contribution >= 0.6 is 0 Å². The standard InChI is InChI=1S/C25H34N2O2/c1-19(2)29-24-12-8-21(9-13-24)5-4-16-26-25(28)22-14-17-27(18-15-22)23-10-6-20(3)7-11-23/h6-13,19,22H,4-5,14-18H2,1-3H3,(H,26,28). The fourth-order valence-corrected chi connectivity index (χ4v) is 3.81. The van der Waals surface area contributed by atoms with E-state index in [4.69, 9.17) is 4.74 Å². The van der Waals surface area contributed by atoms with E-state index in [-0.39, 0.29) is 17.9 Å². The van der Waals surface area contributed by atoms with E-state index < -0.39 is 0 Å². The van der Waals surface area contributed by atoms with Crippen LogP contribution < -0.4 is 15.0 Å². The first-order valence-corrected chi connectivity index (χ1v) is 10.9. The van der Waals surface area contributed by atoms with Crippen molar-refractivity contribution in [1.82, 2.24) is 5.32 Å². The van der Waals surface area contributed by atoms with Crippen LogP contribution in [0.1, 0.15) is 44.2 Å². The second-order valence-corrected chi connectivity index (χ2v) is 8.30. The molecule has 0 aromatic heterocycles. The Kier molecular flexibility index (Phi) is 7.56. The molecule has 0 spiro atoms. The molecule has 1 saturated heterocycles. The summed E-state index contributed by atoms with van der Waals surface area (Å²) in [6.45, 7) is 8.81. The molecule has 1 aliphatic rings. The number of nitrogens with zero attached hydrogens (tertiary/aromatic N) is 1. The Labute approximate surface area is 175 Å². The van der Waals surface area contributed by atoms with Crippen LogP contribution in [0.15, 0.2) is 48.5 Å². The van der Waals surface area contributed by atoms with Crippen LogP contribution in [0.5, 0.6) is 5.75 Å². The Morgan fingerprint density at radius 1 is 1.07 bits per heavy atom. The molecule has 0 unspecified atom stereocenters. The van der Waals surface area contributed by atoms with Crippen molar-refractivity contribution >= 4 is 11.6 Å². The molecule has 0 saturated carbocycles. The summed E-state index contributed by atoms with van der Waals surface area (Å²) in [7, 11) is 0. The number of aryl methyl sites for hydroxylation is 2. The third kappa shape index (κ3) is 6.52. The average Bonchev–Trinajstić information content (AvgIpc) is 2.72. The van der Waals surface area contributed by atoms with Crippen LogP contribution in [0.3, 0.4) is 0 Å². The number of benzene rings is 2. The predicted molar refractivity (Wildman–Crippen MR) is 120 cm³/mol. The second kappa shape index (κ2) is 10.3. The fourth-order valence-electron chi connectivity index (χ4n) is 3.81. The zero-order valence-corrected chi connectivity index (χ0v) is 18.0. The minimum absolute atomic E-state index is 0.143. The first kappa shape index (κ1) is 21.2. The Balaban J connectivity index is 1.34. The molecular formula is C25H34N2O2. The summed E-state index contributed by atoms with van der Waals surface area (Å²) in [5.74, 6) is 1.27. The van der Waals surface area contributed by atoms with Crippen molar-refractivity contribution in [2.75, 3.05) is 24.5 Å². The maximum Gasteiger partial charge on any atom is 0.223 e. The lowest BCUT2D eigenvalue weighted by Gasteiger charge is -2.33. The van der Waals surface area contributed by atoms with Gasteiger partial charge in [0.25, 0.3) is 0 Å². The van der Waals surface area contributed by atoms with Crippen molar-refractivity contribution in [2.24, 2.45) is 5.92 Å². The van der Waals surface area contributed by atoms with Crippen LogP contribution in [0.2, 0.25) is 0 Å². The number of anilines is 1. The maximum atomic E-state index is 12.5.